The van der Waals surface area contributed by atoms with Crippen LogP contribution in [0.15, 0.2) is 30.3 Å². The van der Waals surface area contributed by atoms with E-state index in [9.17, 15) is 5.11 Å². The van der Waals surface area contributed by atoms with Crippen LogP contribution in [-0.2, 0) is 5.60 Å². The zero-order valence-corrected chi connectivity index (χ0v) is 13.7. The number of aliphatic hydroxyl groups is 1. The summed E-state index contributed by atoms with van der Waals surface area (Å²) in [6.07, 6.45) is 2.45. The van der Waals surface area contributed by atoms with E-state index in [2.05, 4.69) is 24.1 Å². The molecule has 1 saturated heterocycles. The lowest BCUT2D eigenvalue weighted by molar-refractivity contribution is 0.00572. The van der Waals surface area contributed by atoms with Gasteiger partial charge in [-0.25, -0.2) is 0 Å². The molecule has 3 heteroatoms. The van der Waals surface area contributed by atoms with Gasteiger partial charge in [0.1, 0.15) is 0 Å². The van der Waals surface area contributed by atoms with Crippen molar-refractivity contribution < 1.29 is 5.11 Å². The number of hydrogen-bond acceptors (Lipinski definition) is 3. The molecule has 1 aromatic carbocycles. The summed E-state index contributed by atoms with van der Waals surface area (Å²) in [4.78, 5) is 2.40. The van der Waals surface area contributed by atoms with E-state index in [1.165, 1.54) is 12.8 Å². The van der Waals surface area contributed by atoms with Gasteiger partial charge in [0.25, 0.3) is 0 Å². The van der Waals surface area contributed by atoms with Crippen LogP contribution in [0.1, 0.15) is 39.2 Å². The van der Waals surface area contributed by atoms with Crippen LogP contribution in [0.25, 0.3) is 0 Å². The van der Waals surface area contributed by atoms with Crippen LogP contribution in [0.5, 0.6) is 0 Å². The largest absolute Gasteiger partial charge is 0.384 e. The van der Waals surface area contributed by atoms with Gasteiger partial charge in [0, 0.05) is 12.6 Å². The van der Waals surface area contributed by atoms with Crippen LogP contribution in [-0.4, -0.2) is 42.2 Å². The van der Waals surface area contributed by atoms with Gasteiger partial charge in [-0.15, -0.1) is 0 Å². The maximum Gasteiger partial charge on any atom is 0.0994 e. The molecule has 1 fully saturated rings. The number of hydrogen-bond donors (Lipinski definition) is 2. The summed E-state index contributed by atoms with van der Waals surface area (Å²) in [6.45, 7) is 10.4. The van der Waals surface area contributed by atoms with Crippen molar-refractivity contribution in [2.24, 2.45) is 5.92 Å². The van der Waals surface area contributed by atoms with Gasteiger partial charge in [0.05, 0.1) is 5.60 Å². The van der Waals surface area contributed by atoms with Crippen LogP contribution >= 0.6 is 0 Å². The van der Waals surface area contributed by atoms with Crippen molar-refractivity contribution in [1.82, 2.24) is 10.2 Å². The second-order valence-electron chi connectivity index (χ2n) is 6.92. The predicted octanol–water partition coefficient (Wildman–Crippen LogP) is 2.60. The molecule has 0 aliphatic carbocycles. The van der Waals surface area contributed by atoms with Crippen molar-refractivity contribution in [2.45, 2.75) is 45.3 Å². The molecule has 0 saturated carbocycles. The van der Waals surface area contributed by atoms with Crippen LogP contribution in [0.2, 0.25) is 0 Å². The highest BCUT2D eigenvalue weighted by atomic mass is 16.3. The Morgan fingerprint density at radius 2 is 1.86 bits per heavy atom. The third kappa shape index (κ3) is 5.10. The van der Waals surface area contributed by atoms with E-state index < -0.39 is 5.60 Å². The molecule has 1 aliphatic rings. The quantitative estimate of drug-likeness (QED) is 0.845. The maximum absolute atomic E-state index is 10.7. The average molecular weight is 290 g/mol. The molecule has 0 bridgehead atoms. The summed E-state index contributed by atoms with van der Waals surface area (Å²) in [7, 11) is 0. The summed E-state index contributed by atoms with van der Waals surface area (Å²) in [5.41, 5.74) is 0.248. The Bertz CT molecular complexity index is 408. The SMILES string of the molecule is CC(C)NCC1CCN(CC(C)(O)c2ccccc2)CC1. The van der Waals surface area contributed by atoms with Crippen molar-refractivity contribution in [3.8, 4) is 0 Å². The summed E-state index contributed by atoms with van der Waals surface area (Å²) < 4.78 is 0. The van der Waals surface area contributed by atoms with Gasteiger partial charge in [-0.1, -0.05) is 44.2 Å². The standard InChI is InChI=1S/C18H30N2O/c1-15(2)19-13-16-9-11-20(12-10-16)14-18(3,21)17-7-5-4-6-8-17/h4-8,15-16,19,21H,9-14H2,1-3H3. The molecule has 0 aromatic heterocycles. The van der Waals surface area contributed by atoms with Gasteiger partial charge in [-0.3, -0.25) is 0 Å². The lowest BCUT2D eigenvalue weighted by Crippen LogP contribution is -2.44. The number of rotatable bonds is 6. The van der Waals surface area contributed by atoms with Gasteiger partial charge in [-0.2, -0.15) is 0 Å². The number of benzene rings is 1. The molecule has 0 radical (unpaired) electrons. The minimum Gasteiger partial charge on any atom is -0.384 e. The van der Waals surface area contributed by atoms with E-state index in [4.69, 9.17) is 0 Å². The van der Waals surface area contributed by atoms with Gasteiger partial charge in [-0.05, 0) is 50.9 Å². The monoisotopic (exact) mass is 290 g/mol. The van der Waals surface area contributed by atoms with Crippen molar-refractivity contribution in [3.05, 3.63) is 35.9 Å². The zero-order valence-electron chi connectivity index (χ0n) is 13.7. The number of nitrogens with one attached hydrogen (secondary N) is 1. The van der Waals surface area contributed by atoms with E-state index >= 15 is 0 Å². The molecular formula is C18H30N2O. The molecule has 0 amide bonds. The Balaban J connectivity index is 1.80. The minimum absolute atomic E-state index is 0.571. The second kappa shape index (κ2) is 7.39. The van der Waals surface area contributed by atoms with E-state index in [0.29, 0.717) is 6.04 Å². The third-order valence-corrected chi connectivity index (χ3v) is 4.45. The topological polar surface area (TPSA) is 35.5 Å². The molecule has 1 atom stereocenters. The van der Waals surface area contributed by atoms with E-state index in [-0.39, 0.29) is 0 Å². The highest BCUT2D eigenvalue weighted by Crippen LogP contribution is 2.24. The van der Waals surface area contributed by atoms with Crippen LogP contribution in [0.4, 0.5) is 0 Å². The molecule has 2 rings (SSSR count). The third-order valence-electron chi connectivity index (χ3n) is 4.45. The van der Waals surface area contributed by atoms with Crippen LogP contribution in [0, 0.1) is 5.92 Å². The number of nitrogens with zero attached hydrogens (tertiary/aromatic N) is 1. The average Bonchev–Trinajstić information content (AvgIpc) is 2.47. The van der Waals surface area contributed by atoms with Crippen molar-refractivity contribution in [1.29, 1.82) is 0 Å². The molecule has 118 valence electrons. The number of β-amino-alcohol motifs (C(OH)–C–C–N with tert-alkyl or cyclic N) is 1. The summed E-state index contributed by atoms with van der Waals surface area (Å²) in [6, 6.07) is 10.6. The minimum atomic E-state index is -0.760. The Morgan fingerprint density at radius 1 is 1.24 bits per heavy atom. The molecule has 1 aromatic rings. The lowest BCUT2D eigenvalue weighted by atomic mass is 9.92. The number of likely N-dealkylation sites (tertiary alicyclic amines) is 1. The first-order chi connectivity index (χ1) is 9.97. The highest BCUT2D eigenvalue weighted by Gasteiger charge is 2.28. The lowest BCUT2D eigenvalue weighted by Gasteiger charge is -2.37. The summed E-state index contributed by atoms with van der Waals surface area (Å²) >= 11 is 0. The van der Waals surface area contributed by atoms with E-state index in [1.54, 1.807) is 0 Å². The smallest absolute Gasteiger partial charge is 0.0994 e. The molecule has 1 unspecified atom stereocenters. The maximum atomic E-state index is 10.7. The van der Waals surface area contributed by atoms with Crippen molar-refractivity contribution in [2.75, 3.05) is 26.2 Å². The highest BCUT2D eigenvalue weighted by molar-refractivity contribution is 5.21. The van der Waals surface area contributed by atoms with Crippen molar-refractivity contribution >= 4 is 0 Å². The molecule has 3 nitrogen and oxygen atoms in total. The number of piperidine rings is 1. The van der Waals surface area contributed by atoms with Gasteiger partial charge >= 0.3 is 0 Å². The first kappa shape index (κ1) is 16.5. The van der Waals surface area contributed by atoms with Gasteiger partial charge in [0.15, 0.2) is 0 Å². The van der Waals surface area contributed by atoms with Crippen LogP contribution < -0.4 is 5.32 Å². The van der Waals surface area contributed by atoms with E-state index in [0.717, 1.165) is 37.7 Å². The first-order valence-electron chi connectivity index (χ1n) is 8.21. The van der Waals surface area contributed by atoms with Gasteiger partial charge in [0.2, 0.25) is 0 Å². The van der Waals surface area contributed by atoms with Crippen LogP contribution in [0.3, 0.4) is 0 Å². The normalized spacial score (nSPS) is 20.6. The fourth-order valence-electron chi connectivity index (χ4n) is 3.07. The molecule has 1 aliphatic heterocycles. The molecule has 0 spiro atoms. The molecular weight excluding hydrogens is 260 g/mol. The summed E-state index contributed by atoms with van der Waals surface area (Å²) in [5.74, 6) is 0.783. The van der Waals surface area contributed by atoms with Crippen molar-refractivity contribution in [3.63, 3.8) is 0 Å². The van der Waals surface area contributed by atoms with Gasteiger partial charge < -0.3 is 15.3 Å². The molecule has 21 heavy (non-hydrogen) atoms. The first-order valence-corrected chi connectivity index (χ1v) is 8.21. The Hall–Kier alpha value is -0.900. The Kier molecular flexibility index (Phi) is 5.80. The summed E-state index contributed by atoms with van der Waals surface area (Å²) in [5, 5.41) is 14.3. The predicted molar refractivity (Wildman–Crippen MR) is 88.3 cm³/mol. The fourth-order valence-corrected chi connectivity index (χ4v) is 3.07. The zero-order chi connectivity index (χ0) is 15.3. The second-order valence-corrected chi connectivity index (χ2v) is 6.92. The molecule has 1 heterocycles. The Morgan fingerprint density at radius 3 is 2.43 bits per heavy atom. The Labute approximate surface area is 129 Å². The fraction of sp³-hybridized carbons (Fsp3) is 0.667. The molecule has 2 N–H and O–H groups in total. The van der Waals surface area contributed by atoms with E-state index in [1.807, 2.05) is 37.3 Å².